The maximum absolute atomic E-state index is 11.3. The lowest BCUT2D eigenvalue weighted by Gasteiger charge is -2.07. The van der Waals surface area contributed by atoms with E-state index in [1.54, 1.807) is 6.34 Å². The van der Waals surface area contributed by atoms with Crippen molar-refractivity contribution < 1.29 is 14.7 Å². The number of rotatable bonds is 7. The highest BCUT2D eigenvalue weighted by atomic mass is 16.3. The second-order valence-electron chi connectivity index (χ2n) is 3.88. The van der Waals surface area contributed by atoms with Gasteiger partial charge in [0.05, 0.1) is 12.4 Å². The average Bonchev–Trinajstić information content (AvgIpc) is 2.82. The van der Waals surface area contributed by atoms with E-state index >= 15 is 0 Å². The molecule has 6 nitrogen and oxygen atoms in total. The van der Waals surface area contributed by atoms with Gasteiger partial charge in [-0.1, -0.05) is 0 Å². The van der Waals surface area contributed by atoms with Gasteiger partial charge in [-0.2, -0.15) is 0 Å². The van der Waals surface area contributed by atoms with Crippen molar-refractivity contribution in [3.05, 3.63) is 5.76 Å². The van der Waals surface area contributed by atoms with Crippen molar-refractivity contribution in [2.75, 3.05) is 13.1 Å². The topological polar surface area (TPSA) is 90.8 Å². The number of aliphatic hydroxyl groups excluding tert-OH is 1. The Bertz CT molecular complexity index is 335. The lowest BCUT2D eigenvalue weighted by Crippen LogP contribution is -2.27. The molecule has 0 aromatic rings. The summed E-state index contributed by atoms with van der Waals surface area (Å²) < 4.78 is 0. The summed E-state index contributed by atoms with van der Waals surface area (Å²) in [7, 11) is 0. The standard InChI is InChI=1S/C11H17N3O3/c15-7-10(16)2-1-3-11(17)13-5-4-9-6-12-8-14-9/h8-9,16H,1-6H2,(H,12,14)(H,13,17). The second-order valence-corrected chi connectivity index (χ2v) is 3.88. The third kappa shape index (κ3) is 5.73. The SMILES string of the molecule is O=C=C(O)CCCC(=O)NCCC1CNC=N1. The molecule has 1 heterocycles. The molecule has 0 saturated heterocycles. The summed E-state index contributed by atoms with van der Waals surface area (Å²) in [6.45, 7) is 1.42. The maximum Gasteiger partial charge on any atom is 0.220 e. The quantitative estimate of drug-likeness (QED) is 0.428. The van der Waals surface area contributed by atoms with Gasteiger partial charge in [0.25, 0.3) is 0 Å². The van der Waals surface area contributed by atoms with Crippen LogP contribution in [0.3, 0.4) is 0 Å². The van der Waals surface area contributed by atoms with Crippen LogP contribution in [0.15, 0.2) is 10.8 Å². The van der Waals surface area contributed by atoms with E-state index in [2.05, 4.69) is 15.6 Å². The van der Waals surface area contributed by atoms with Crippen LogP contribution >= 0.6 is 0 Å². The minimum Gasteiger partial charge on any atom is -0.502 e. The zero-order valence-corrected chi connectivity index (χ0v) is 9.61. The number of aliphatic hydroxyl groups is 1. The first kappa shape index (κ1) is 13.3. The maximum atomic E-state index is 11.3. The van der Waals surface area contributed by atoms with E-state index in [0.717, 1.165) is 13.0 Å². The fraction of sp³-hybridized carbons (Fsp3) is 0.636. The lowest BCUT2D eigenvalue weighted by atomic mass is 10.2. The first-order valence-corrected chi connectivity index (χ1v) is 5.67. The van der Waals surface area contributed by atoms with Crippen molar-refractivity contribution in [2.24, 2.45) is 4.99 Å². The smallest absolute Gasteiger partial charge is 0.220 e. The van der Waals surface area contributed by atoms with Crippen LogP contribution in [-0.4, -0.2) is 42.4 Å². The van der Waals surface area contributed by atoms with Gasteiger partial charge in [0, 0.05) is 25.9 Å². The number of carbonyl (C=O) groups is 1. The molecule has 0 fully saturated rings. The molecule has 0 bridgehead atoms. The van der Waals surface area contributed by atoms with Crippen LogP contribution in [0.2, 0.25) is 0 Å². The zero-order chi connectivity index (χ0) is 12.5. The normalized spacial score (nSPS) is 17.3. The zero-order valence-electron chi connectivity index (χ0n) is 9.61. The van der Waals surface area contributed by atoms with Crippen LogP contribution in [0.1, 0.15) is 25.7 Å². The van der Waals surface area contributed by atoms with E-state index in [1.165, 1.54) is 5.94 Å². The molecule has 1 aliphatic rings. The number of nitrogens with one attached hydrogen (secondary N) is 2. The van der Waals surface area contributed by atoms with Gasteiger partial charge in [0.2, 0.25) is 5.91 Å². The Hall–Kier alpha value is -1.81. The summed E-state index contributed by atoms with van der Waals surface area (Å²) in [5.74, 6) is 0.986. The minimum absolute atomic E-state index is 0.0707. The number of hydrogen-bond donors (Lipinski definition) is 3. The van der Waals surface area contributed by atoms with Gasteiger partial charge in [-0.05, 0) is 12.8 Å². The van der Waals surface area contributed by atoms with E-state index < -0.39 is 0 Å². The van der Waals surface area contributed by atoms with Crippen molar-refractivity contribution in [2.45, 2.75) is 31.7 Å². The van der Waals surface area contributed by atoms with Gasteiger partial charge in [-0.3, -0.25) is 9.79 Å². The predicted octanol–water partition coefficient (Wildman–Crippen LogP) is -0.0634. The monoisotopic (exact) mass is 239 g/mol. The van der Waals surface area contributed by atoms with Crippen LogP contribution in [0.4, 0.5) is 0 Å². The Kier molecular flexibility index (Phi) is 5.82. The molecule has 0 spiro atoms. The summed E-state index contributed by atoms with van der Waals surface area (Å²) >= 11 is 0. The number of allylic oxidation sites excluding steroid dienone is 1. The molecule has 17 heavy (non-hydrogen) atoms. The molecule has 1 unspecified atom stereocenters. The van der Waals surface area contributed by atoms with E-state index in [1.807, 2.05) is 0 Å². The van der Waals surface area contributed by atoms with Crippen molar-refractivity contribution in [1.82, 2.24) is 10.6 Å². The molecule has 6 heteroatoms. The molecule has 0 aromatic heterocycles. The van der Waals surface area contributed by atoms with Gasteiger partial charge < -0.3 is 15.7 Å². The third-order valence-electron chi connectivity index (χ3n) is 2.47. The Balaban J connectivity index is 2.01. The molecular formula is C11H17N3O3. The van der Waals surface area contributed by atoms with Crippen molar-refractivity contribution in [3.8, 4) is 0 Å². The van der Waals surface area contributed by atoms with Crippen LogP contribution in [0.5, 0.6) is 0 Å². The van der Waals surface area contributed by atoms with E-state index in [9.17, 15) is 9.59 Å². The molecule has 1 rings (SSSR count). The van der Waals surface area contributed by atoms with Crippen molar-refractivity contribution in [1.29, 1.82) is 0 Å². The number of nitrogens with zero attached hydrogens (tertiary/aromatic N) is 1. The van der Waals surface area contributed by atoms with Gasteiger partial charge in [0.15, 0.2) is 11.7 Å². The highest BCUT2D eigenvalue weighted by molar-refractivity contribution is 5.75. The van der Waals surface area contributed by atoms with Gasteiger partial charge >= 0.3 is 0 Å². The van der Waals surface area contributed by atoms with Gasteiger partial charge in [-0.25, -0.2) is 4.79 Å². The van der Waals surface area contributed by atoms with Crippen LogP contribution < -0.4 is 10.6 Å². The third-order valence-corrected chi connectivity index (χ3v) is 2.47. The lowest BCUT2D eigenvalue weighted by molar-refractivity contribution is -0.121. The first-order chi connectivity index (χ1) is 8.22. The Morgan fingerprint density at radius 3 is 3.06 bits per heavy atom. The summed E-state index contributed by atoms with van der Waals surface area (Å²) in [5, 5.41) is 14.6. The van der Waals surface area contributed by atoms with Crippen LogP contribution in [-0.2, 0) is 9.59 Å². The van der Waals surface area contributed by atoms with Gasteiger partial charge in [-0.15, -0.1) is 0 Å². The summed E-state index contributed by atoms with van der Waals surface area (Å²) in [6.07, 6.45) is 3.46. The van der Waals surface area contributed by atoms with Crippen molar-refractivity contribution >= 4 is 18.2 Å². The molecule has 0 saturated carbocycles. The molecule has 3 N–H and O–H groups in total. The molecule has 1 amide bonds. The second kappa shape index (κ2) is 7.46. The predicted molar refractivity (Wildman–Crippen MR) is 63.6 cm³/mol. The number of hydrogen-bond acceptors (Lipinski definition) is 5. The molecule has 1 atom stereocenters. The Morgan fingerprint density at radius 1 is 1.59 bits per heavy atom. The van der Waals surface area contributed by atoms with Gasteiger partial charge in [0.1, 0.15) is 0 Å². The molecule has 0 aromatic carbocycles. The largest absolute Gasteiger partial charge is 0.502 e. The molecule has 0 aliphatic carbocycles. The van der Waals surface area contributed by atoms with E-state index in [-0.39, 0.29) is 24.1 Å². The average molecular weight is 239 g/mol. The highest BCUT2D eigenvalue weighted by Gasteiger charge is 2.10. The Morgan fingerprint density at radius 2 is 2.41 bits per heavy atom. The number of aliphatic imine (C=N–C) groups is 1. The highest BCUT2D eigenvalue weighted by Crippen LogP contribution is 2.02. The van der Waals surface area contributed by atoms with E-state index in [0.29, 0.717) is 19.4 Å². The van der Waals surface area contributed by atoms with Crippen molar-refractivity contribution in [3.63, 3.8) is 0 Å². The molecule has 1 aliphatic heterocycles. The molecule has 94 valence electrons. The minimum atomic E-state index is -0.329. The number of amides is 1. The summed E-state index contributed by atoms with van der Waals surface area (Å²) in [4.78, 5) is 25.5. The number of carbonyl (C=O) groups excluding carboxylic acids is 2. The van der Waals surface area contributed by atoms with Crippen LogP contribution in [0.25, 0.3) is 0 Å². The summed E-state index contributed by atoms with van der Waals surface area (Å²) in [6, 6.07) is 0.248. The molecule has 0 radical (unpaired) electrons. The van der Waals surface area contributed by atoms with Crippen LogP contribution in [0, 0.1) is 0 Å². The Labute approximate surface area is 99.8 Å². The molecular weight excluding hydrogens is 222 g/mol. The summed E-state index contributed by atoms with van der Waals surface area (Å²) in [5.41, 5.74) is 0. The first-order valence-electron chi connectivity index (χ1n) is 5.67. The fourth-order valence-electron chi connectivity index (χ4n) is 1.51. The van der Waals surface area contributed by atoms with E-state index in [4.69, 9.17) is 5.11 Å². The fourth-order valence-corrected chi connectivity index (χ4v) is 1.51.